The van der Waals surface area contributed by atoms with E-state index in [1.54, 1.807) is 0 Å². The first-order valence-corrected chi connectivity index (χ1v) is 15.5. The topological polar surface area (TPSA) is 6.48 Å². The molecule has 0 radical (unpaired) electrons. The highest BCUT2D eigenvalue weighted by Crippen LogP contribution is 2.22. The second-order valence-corrected chi connectivity index (χ2v) is 10.7. The minimum absolute atomic E-state index is 0.637. The van der Waals surface area contributed by atoms with Gasteiger partial charge in [0.25, 0.3) is 0 Å². The molecule has 0 bridgehead atoms. The van der Waals surface area contributed by atoms with Crippen LogP contribution >= 0.6 is 0 Å². The second kappa shape index (κ2) is 23.1. The molecular formula is C31H62N2. The SMILES string of the molecule is CCCCCCCCCCCCCCCCCCCN1C=CN(CC)C1CCCCCCC. The van der Waals surface area contributed by atoms with Crippen LogP contribution in [0.25, 0.3) is 0 Å². The first-order valence-electron chi connectivity index (χ1n) is 15.5. The molecule has 2 nitrogen and oxygen atoms in total. The summed E-state index contributed by atoms with van der Waals surface area (Å²) in [6.07, 6.45) is 38.3. The quantitative estimate of drug-likeness (QED) is 0.124. The standard InChI is InChI=1S/C31H62N2/c1-4-7-9-11-12-13-14-15-16-17-18-19-20-21-22-24-26-28-33-30-29-32(6-3)31(33)27-25-23-10-8-5-2/h29-31H,4-28H2,1-3H3. The van der Waals surface area contributed by atoms with Gasteiger partial charge >= 0.3 is 0 Å². The Morgan fingerprint density at radius 3 is 1.21 bits per heavy atom. The van der Waals surface area contributed by atoms with E-state index in [1.807, 2.05) is 0 Å². The summed E-state index contributed by atoms with van der Waals surface area (Å²) < 4.78 is 0. The number of unbranched alkanes of at least 4 members (excludes halogenated alkanes) is 20. The fraction of sp³-hybridized carbons (Fsp3) is 0.935. The Bertz CT molecular complexity index is 419. The molecule has 196 valence electrons. The van der Waals surface area contributed by atoms with Crippen molar-refractivity contribution in [3.63, 3.8) is 0 Å². The normalized spacial score (nSPS) is 15.8. The van der Waals surface area contributed by atoms with Crippen LogP contribution < -0.4 is 0 Å². The van der Waals surface area contributed by atoms with E-state index in [9.17, 15) is 0 Å². The van der Waals surface area contributed by atoms with Gasteiger partial charge in [0.2, 0.25) is 0 Å². The van der Waals surface area contributed by atoms with Crippen molar-refractivity contribution in [3.8, 4) is 0 Å². The van der Waals surface area contributed by atoms with Crippen molar-refractivity contribution >= 4 is 0 Å². The van der Waals surface area contributed by atoms with Crippen LogP contribution in [0.3, 0.4) is 0 Å². The van der Waals surface area contributed by atoms with Crippen molar-refractivity contribution in [1.29, 1.82) is 0 Å². The Morgan fingerprint density at radius 1 is 0.424 bits per heavy atom. The molecule has 0 saturated carbocycles. The molecule has 0 N–H and O–H groups in total. The monoisotopic (exact) mass is 462 g/mol. The third-order valence-electron chi connectivity index (χ3n) is 7.67. The zero-order chi connectivity index (χ0) is 23.8. The summed E-state index contributed by atoms with van der Waals surface area (Å²) in [6.45, 7) is 9.31. The molecule has 1 aliphatic heterocycles. The summed E-state index contributed by atoms with van der Waals surface area (Å²) >= 11 is 0. The van der Waals surface area contributed by atoms with Crippen molar-refractivity contribution in [3.05, 3.63) is 12.4 Å². The third kappa shape index (κ3) is 16.6. The molecular weight excluding hydrogens is 400 g/mol. The van der Waals surface area contributed by atoms with Crippen LogP contribution in [-0.4, -0.2) is 29.1 Å². The van der Waals surface area contributed by atoms with Gasteiger partial charge < -0.3 is 9.80 Å². The van der Waals surface area contributed by atoms with E-state index in [1.165, 1.54) is 154 Å². The summed E-state index contributed by atoms with van der Waals surface area (Å²) in [6, 6.07) is 0. The maximum atomic E-state index is 2.63. The number of rotatable bonds is 25. The van der Waals surface area contributed by atoms with E-state index in [4.69, 9.17) is 0 Å². The molecule has 1 heterocycles. The highest BCUT2D eigenvalue weighted by Gasteiger charge is 2.23. The molecule has 1 atom stereocenters. The smallest absolute Gasteiger partial charge is 0.101 e. The zero-order valence-corrected chi connectivity index (χ0v) is 23.3. The van der Waals surface area contributed by atoms with Gasteiger partial charge in [0.05, 0.1) is 0 Å². The second-order valence-electron chi connectivity index (χ2n) is 10.7. The Kier molecular flexibility index (Phi) is 21.3. The van der Waals surface area contributed by atoms with Crippen molar-refractivity contribution < 1.29 is 0 Å². The summed E-state index contributed by atoms with van der Waals surface area (Å²) in [5.74, 6) is 0. The van der Waals surface area contributed by atoms with E-state index >= 15 is 0 Å². The van der Waals surface area contributed by atoms with Gasteiger partial charge in [-0.15, -0.1) is 0 Å². The summed E-state index contributed by atoms with van der Waals surface area (Å²) in [7, 11) is 0. The number of nitrogens with zero attached hydrogens (tertiary/aromatic N) is 2. The van der Waals surface area contributed by atoms with Gasteiger partial charge in [-0.05, 0) is 26.2 Å². The van der Waals surface area contributed by atoms with E-state index in [0.717, 1.165) is 6.54 Å². The molecule has 0 saturated heterocycles. The summed E-state index contributed by atoms with van der Waals surface area (Å²) in [5.41, 5.74) is 0. The first-order chi connectivity index (χ1) is 16.3. The molecule has 1 rings (SSSR count). The Morgan fingerprint density at radius 2 is 0.788 bits per heavy atom. The largest absolute Gasteiger partial charge is 0.356 e. The van der Waals surface area contributed by atoms with Crippen molar-refractivity contribution in [2.75, 3.05) is 13.1 Å². The predicted molar refractivity (Wildman–Crippen MR) is 150 cm³/mol. The van der Waals surface area contributed by atoms with Crippen LogP contribution in [0, 0.1) is 0 Å². The van der Waals surface area contributed by atoms with E-state index < -0.39 is 0 Å². The molecule has 0 fully saturated rings. The van der Waals surface area contributed by atoms with Crippen molar-refractivity contribution in [2.24, 2.45) is 0 Å². The molecule has 0 amide bonds. The molecule has 0 aromatic carbocycles. The lowest BCUT2D eigenvalue weighted by Crippen LogP contribution is -2.38. The molecule has 33 heavy (non-hydrogen) atoms. The Balaban J connectivity index is 1.89. The van der Waals surface area contributed by atoms with E-state index in [2.05, 4.69) is 43.0 Å². The van der Waals surface area contributed by atoms with Gasteiger partial charge in [-0.3, -0.25) is 0 Å². The highest BCUT2D eigenvalue weighted by molar-refractivity contribution is 4.96. The summed E-state index contributed by atoms with van der Waals surface area (Å²) in [5, 5.41) is 0. The molecule has 0 aromatic heterocycles. The first kappa shape index (κ1) is 30.4. The third-order valence-corrected chi connectivity index (χ3v) is 7.67. The minimum Gasteiger partial charge on any atom is -0.356 e. The van der Waals surface area contributed by atoms with Gasteiger partial charge in [0, 0.05) is 25.5 Å². The maximum absolute atomic E-state index is 2.63. The summed E-state index contributed by atoms with van der Waals surface area (Å²) in [4.78, 5) is 5.18. The van der Waals surface area contributed by atoms with Crippen LogP contribution in [0.4, 0.5) is 0 Å². The number of hydrogen-bond donors (Lipinski definition) is 0. The molecule has 1 unspecified atom stereocenters. The zero-order valence-electron chi connectivity index (χ0n) is 23.3. The lowest BCUT2D eigenvalue weighted by atomic mass is 10.0. The van der Waals surface area contributed by atoms with E-state index in [-0.39, 0.29) is 0 Å². The van der Waals surface area contributed by atoms with Gasteiger partial charge in [-0.1, -0.05) is 142 Å². The average Bonchev–Trinajstić information content (AvgIpc) is 3.22. The van der Waals surface area contributed by atoms with E-state index in [0.29, 0.717) is 6.17 Å². The Hall–Kier alpha value is -0.660. The predicted octanol–water partition coefficient (Wildman–Crippen LogP) is 10.4. The maximum Gasteiger partial charge on any atom is 0.101 e. The van der Waals surface area contributed by atoms with Crippen LogP contribution in [0.5, 0.6) is 0 Å². The molecule has 1 aliphatic rings. The van der Waals surface area contributed by atoms with Crippen LogP contribution in [0.2, 0.25) is 0 Å². The fourth-order valence-electron chi connectivity index (χ4n) is 5.38. The van der Waals surface area contributed by atoms with Crippen LogP contribution in [0.15, 0.2) is 12.4 Å². The molecule has 0 aliphatic carbocycles. The van der Waals surface area contributed by atoms with Gasteiger partial charge in [-0.2, -0.15) is 0 Å². The molecule has 0 aromatic rings. The van der Waals surface area contributed by atoms with Gasteiger partial charge in [0.15, 0.2) is 0 Å². The lowest BCUT2D eigenvalue weighted by Gasteiger charge is -2.32. The molecule has 2 heteroatoms. The fourth-order valence-corrected chi connectivity index (χ4v) is 5.38. The average molecular weight is 463 g/mol. The van der Waals surface area contributed by atoms with Crippen molar-refractivity contribution in [1.82, 2.24) is 9.80 Å². The van der Waals surface area contributed by atoms with Gasteiger partial charge in [0.1, 0.15) is 6.17 Å². The van der Waals surface area contributed by atoms with Crippen molar-refractivity contribution in [2.45, 2.75) is 175 Å². The van der Waals surface area contributed by atoms with Crippen LogP contribution in [0.1, 0.15) is 168 Å². The van der Waals surface area contributed by atoms with Gasteiger partial charge in [-0.25, -0.2) is 0 Å². The molecule has 0 spiro atoms. The van der Waals surface area contributed by atoms with Crippen LogP contribution in [-0.2, 0) is 0 Å². The highest BCUT2D eigenvalue weighted by atomic mass is 15.4. The number of hydrogen-bond acceptors (Lipinski definition) is 2. The lowest BCUT2D eigenvalue weighted by molar-refractivity contribution is 0.142. The Labute approximate surface area is 210 Å². The minimum atomic E-state index is 0.637.